The van der Waals surface area contributed by atoms with E-state index in [0.717, 1.165) is 10.7 Å². The van der Waals surface area contributed by atoms with Crippen LogP contribution in [0.5, 0.6) is 0 Å². The van der Waals surface area contributed by atoms with E-state index >= 15 is 0 Å². The molecule has 0 amide bonds. The maximum Gasteiger partial charge on any atom is 0.243 e. The lowest BCUT2D eigenvalue weighted by molar-refractivity contribution is 0.322. The largest absolute Gasteiger partial charge is 0.338 e. The van der Waals surface area contributed by atoms with Crippen LogP contribution >= 0.6 is 11.3 Å². The first kappa shape index (κ1) is 12.2. The Hall–Kier alpha value is -1.27. The number of hydrogen-bond donors (Lipinski definition) is 1. The van der Waals surface area contributed by atoms with Gasteiger partial charge >= 0.3 is 0 Å². The van der Waals surface area contributed by atoms with Crippen molar-refractivity contribution < 1.29 is 4.52 Å². The first-order chi connectivity index (χ1) is 8.06. The number of hydrogen-bond acceptors (Lipinski definition) is 6. The van der Waals surface area contributed by atoms with Gasteiger partial charge in [-0.1, -0.05) is 19.0 Å². The smallest absolute Gasteiger partial charge is 0.243 e. The van der Waals surface area contributed by atoms with Gasteiger partial charge in [0, 0.05) is 11.1 Å². The van der Waals surface area contributed by atoms with Crippen molar-refractivity contribution in [2.45, 2.75) is 33.2 Å². The molecule has 0 saturated heterocycles. The predicted octanol–water partition coefficient (Wildman–Crippen LogP) is 2.08. The molecule has 0 saturated carbocycles. The van der Waals surface area contributed by atoms with Gasteiger partial charge in [0.25, 0.3) is 0 Å². The molecule has 17 heavy (non-hydrogen) atoms. The van der Waals surface area contributed by atoms with Gasteiger partial charge in [-0.3, -0.25) is 0 Å². The average Bonchev–Trinajstić information content (AvgIpc) is 2.87. The van der Waals surface area contributed by atoms with Gasteiger partial charge in [0.2, 0.25) is 5.89 Å². The molecule has 1 unspecified atom stereocenters. The maximum atomic E-state index is 5.94. The fourth-order valence-corrected chi connectivity index (χ4v) is 2.15. The Morgan fingerprint density at radius 1 is 1.41 bits per heavy atom. The zero-order valence-corrected chi connectivity index (χ0v) is 11.0. The zero-order valence-electron chi connectivity index (χ0n) is 10.2. The lowest BCUT2D eigenvalue weighted by Gasteiger charge is -2.09. The third-order valence-corrected chi connectivity index (χ3v) is 3.43. The van der Waals surface area contributed by atoms with Gasteiger partial charge in [-0.15, -0.1) is 11.3 Å². The summed E-state index contributed by atoms with van der Waals surface area (Å²) in [5.74, 6) is 1.43. The number of aryl methyl sites for hydroxylation is 1. The minimum Gasteiger partial charge on any atom is -0.338 e. The van der Waals surface area contributed by atoms with Gasteiger partial charge in [0.15, 0.2) is 5.82 Å². The van der Waals surface area contributed by atoms with Crippen molar-refractivity contribution in [3.05, 3.63) is 27.8 Å². The van der Waals surface area contributed by atoms with E-state index < -0.39 is 0 Å². The van der Waals surface area contributed by atoms with Crippen molar-refractivity contribution in [2.75, 3.05) is 0 Å². The van der Waals surface area contributed by atoms with E-state index in [4.69, 9.17) is 10.3 Å². The second-order valence-electron chi connectivity index (χ2n) is 4.38. The molecule has 2 rings (SSSR count). The SMILES string of the molecule is Cc1csc(Cc2noc(C(N)C(C)C)n2)n1. The summed E-state index contributed by atoms with van der Waals surface area (Å²) in [6.07, 6.45) is 0.604. The molecule has 5 nitrogen and oxygen atoms in total. The predicted molar refractivity (Wildman–Crippen MR) is 65.7 cm³/mol. The quantitative estimate of drug-likeness (QED) is 0.901. The number of rotatable bonds is 4. The average molecular weight is 252 g/mol. The second-order valence-corrected chi connectivity index (χ2v) is 5.32. The van der Waals surface area contributed by atoms with Crippen LogP contribution in [0, 0.1) is 12.8 Å². The molecule has 1 atom stereocenters. The van der Waals surface area contributed by atoms with Crippen LogP contribution in [-0.4, -0.2) is 15.1 Å². The highest BCUT2D eigenvalue weighted by Gasteiger charge is 2.18. The van der Waals surface area contributed by atoms with E-state index in [1.54, 1.807) is 11.3 Å². The third-order valence-electron chi connectivity index (χ3n) is 2.46. The molecule has 0 spiro atoms. The molecular weight excluding hydrogens is 236 g/mol. The number of nitrogens with two attached hydrogens (primary N) is 1. The van der Waals surface area contributed by atoms with E-state index in [9.17, 15) is 0 Å². The lowest BCUT2D eigenvalue weighted by atomic mass is 10.1. The van der Waals surface area contributed by atoms with E-state index in [1.165, 1.54) is 0 Å². The summed E-state index contributed by atoms with van der Waals surface area (Å²) in [7, 11) is 0. The molecule has 92 valence electrons. The Bertz CT molecular complexity index is 491. The summed E-state index contributed by atoms with van der Waals surface area (Å²) in [5.41, 5.74) is 6.96. The standard InChI is InChI=1S/C11H16N4OS/c1-6(2)10(12)11-14-8(15-16-11)4-9-13-7(3)5-17-9/h5-6,10H,4,12H2,1-3H3. The molecule has 2 heterocycles. The first-order valence-corrected chi connectivity index (χ1v) is 6.43. The molecule has 2 aromatic rings. The van der Waals surface area contributed by atoms with Gasteiger partial charge in [-0.2, -0.15) is 4.98 Å². The van der Waals surface area contributed by atoms with Gasteiger partial charge in [-0.05, 0) is 12.8 Å². The topological polar surface area (TPSA) is 77.8 Å². The fourth-order valence-electron chi connectivity index (χ4n) is 1.38. The minimum absolute atomic E-state index is 0.200. The van der Waals surface area contributed by atoms with Crippen LogP contribution in [0.25, 0.3) is 0 Å². The molecular formula is C11H16N4OS. The monoisotopic (exact) mass is 252 g/mol. The molecule has 0 aliphatic rings. The maximum absolute atomic E-state index is 5.94. The van der Waals surface area contributed by atoms with Gasteiger partial charge < -0.3 is 10.3 Å². The Morgan fingerprint density at radius 2 is 2.18 bits per heavy atom. The summed E-state index contributed by atoms with van der Waals surface area (Å²) >= 11 is 1.60. The summed E-state index contributed by atoms with van der Waals surface area (Å²) < 4.78 is 5.16. The van der Waals surface area contributed by atoms with Crippen LogP contribution in [-0.2, 0) is 6.42 Å². The van der Waals surface area contributed by atoms with Crippen LogP contribution in [0.2, 0.25) is 0 Å². The van der Waals surface area contributed by atoms with E-state index in [0.29, 0.717) is 18.1 Å². The van der Waals surface area contributed by atoms with Crippen molar-refractivity contribution in [3.8, 4) is 0 Å². The minimum atomic E-state index is -0.200. The molecule has 0 aromatic carbocycles. The van der Waals surface area contributed by atoms with Gasteiger partial charge in [0.05, 0.1) is 12.5 Å². The second kappa shape index (κ2) is 4.93. The molecule has 0 aliphatic carbocycles. The van der Waals surface area contributed by atoms with E-state index in [-0.39, 0.29) is 12.0 Å². The summed E-state index contributed by atoms with van der Waals surface area (Å²) in [5, 5.41) is 6.93. The molecule has 0 radical (unpaired) electrons. The number of aromatic nitrogens is 3. The molecule has 0 bridgehead atoms. The molecule has 0 fully saturated rings. The van der Waals surface area contributed by atoms with Crippen LogP contribution in [0.3, 0.4) is 0 Å². The van der Waals surface area contributed by atoms with Crippen LogP contribution in [0.15, 0.2) is 9.90 Å². The lowest BCUT2D eigenvalue weighted by Crippen LogP contribution is -2.17. The highest BCUT2D eigenvalue weighted by atomic mass is 32.1. The highest BCUT2D eigenvalue weighted by molar-refractivity contribution is 7.09. The Morgan fingerprint density at radius 3 is 2.76 bits per heavy atom. The Balaban J connectivity index is 2.08. The zero-order chi connectivity index (χ0) is 12.4. The Labute approximate surface area is 104 Å². The van der Waals surface area contributed by atoms with Crippen molar-refractivity contribution >= 4 is 11.3 Å². The van der Waals surface area contributed by atoms with Crippen LogP contribution in [0.4, 0.5) is 0 Å². The molecule has 6 heteroatoms. The number of thiazole rings is 1. The van der Waals surface area contributed by atoms with Gasteiger partial charge in [-0.25, -0.2) is 4.98 Å². The van der Waals surface area contributed by atoms with Crippen molar-refractivity contribution in [1.82, 2.24) is 15.1 Å². The fraction of sp³-hybridized carbons (Fsp3) is 0.545. The molecule has 0 aliphatic heterocycles. The Kier molecular flexibility index (Phi) is 3.54. The van der Waals surface area contributed by atoms with Crippen LogP contribution in [0.1, 0.15) is 42.3 Å². The van der Waals surface area contributed by atoms with E-state index in [2.05, 4.69) is 15.1 Å². The molecule has 2 aromatic heterocycles. The molecule has 2 N–H and O–H groups in total. The number of nitrogens with zero attached hydrogens (tertiary/aromatic N) is 3. The first-order valence-electron chi connectivity index (χ1n) is 5.55. The summed E-state index contributed by atoms with van der Waals surface area (Å²) in [4.78, 5) is 8.66. The van der Waals surface area contributed by atoms with Crippen molar-refractivity contribution in [3.63, 3.8) is 0 Å². The van der Waals surface area contributed by atoms with Gasteiger partial charge in [0.1, 0.15) is 5.01 Å². The van der Waals surface area contributed by atoms with Crippen molar-refractivity contribution in [1.29, 1.82) is 0 Å². The summed E-state index contributed by atoms with van der Waals surface area (Å²) in [6, 6.07) is -0.200. The van der Waals surface area contributed by atoms with E-state index in [1.807, 2.05) is 26.2 Å². The third kappa shape index (κ3) is 2.89. The summed E-state index contributed by atoms with van der Waals surface area (Å²) in [6.45, 7) is 6.02. The normalized spacial score (nSPS) is 13.2. The highest BCUT2D eigenvalue weighted by Crippen LogP contribution is 2.18. The van der Waals surface area contributed by atoms with Crippen LogP contribution < -0.4 is 5.73 Å². The van der Waals surface area contributed by atoms with Crippen molar-refractivity contribution in [2.24, 2.45) is 11.7 Å².